The summed E-state index contributed by atoms with van der Waals surface area (Å²) >= 11 is 0. The maximum Gasteiger partial charge on any atom is 0.274 e. The Balaban J connectivity index is 1.72. The average Bonchev–Trinajstić information content (AvgIpc) is 3.61. The second-order valence-corrected chi connectivity index (χ2v) is 10.0. The van der Waals surface area contributed by atoms with Crippen LogP contribution in [0.5, 0.6) is 0 Å². The molecule has 0 spiro atoms. The lowest BCUT2D eigenvalue weighted by Crippen LogP contribution is -2.41. The number of aliphatic imine (C=N–C) groups is 1. The van der Waals surface area contributed by atoms with Gasteiger partial charge in [-0.15, -0.1) is 0 Å². The summed E-state index contributed by atoms with van der Waals surface area (Å²) in [5.41, 5.74) is 7.58. The second kappa shape index (κ2) is 7.19. The van der Waals surface area contributed by atoms with Crippen LogP contribution in [0.3, 0.4) is 0 Å². The highest BCUT2D eigenvalue weighted by atomic mass is 32.2. The molecule has 10 heteroatoms. The van der Waals surface area contributed by atoms with Gasteiger partial charge in [0.15, 0.2) is 11.5 Å². The summed E-state index contributed by atoms with van der Waals surface area (Å²) in [4.78, 5) is 27.6. The van der Waals surface area contributed by atoms with Crippen molar-refractivity contribution in [2.75, 3.05) is 7.05 Å². The first-order chi connectivity index (χ1) is 15.7. The molecule has 168 valence electrons. The standard InChI is InChI=1S/C23H21N5O4S/c1-28-20(29)23(27-21(28)24,18-6-2-4-15(10-18)16-12-25-14-26-13-16)19-7-3-5-17(11-19)22(8-9-22)33(30,31)32/h2-7,10-14H,8-9H2,1H3,(H2,24,27)(H,30,31,32). The molecule has 3 N–H and O–H groups in total. The van der Waals surface area contributed by atoms with E-state index in [1.54, 1.807) is 55.8 Å². The molecule has 0 radical (unpaired) electrons. The minimum Gasteiger partial charge on any atom is -0.369 e. The SMILES string of the molecule is CN1C(=O)C(c2cccc(-c3cncnc3)c2)(c2cccc(C3(S(=O)(=O)O)CC3)c2)N=C1N. The van der Waals surface area contributed by atoms with Crippen molar-refractivity contribution in [3.8, 4) is 11.1 Å². The van der Waals surface area contributed by atoms with Crippen molar-refractivity contribution in [1.29, 1.82) is 0 Å². The highest BCUT2D eigenvalue weighted by molar-refractivity contribution is 7.87. The zero-order valence-corrected chi connectivity index (χ0v) is 18.5. The highest BCUT2D eigenvalue weighted by Crippen LogP contribution is 2.53. The lowest BCUT2D eigenvalue weighted by Gasteiger charge is -2.27. The number of benzene rings is 2. The van der Waals surface area contributed by atoms with Crippen LogP contribution in [0, 0.1) is 0 Å². The van der Waals surface area contributed by atoms with Crippen molar-refractivity contribution in [3.63, 3.8) is 0 Å². The molecule has 1 fully saturated rings. The summed E-state index contributed by atoms with van der Waals surface area (Å²) < 4.78 is 32.7. The smallest absolute Gasteiger partial charge is 0.274 e. The molecule has 2 aliphatic rings. The van der Waals surface area contributed by atoms with E-state index in [1.807, 2.05) is 12.1 Å². The molecule has 1 atom stereocenters. The third kappa shape index (κ3) is 3.13. The van der Waals surface area contributed by atoms with Crippen LogP contribution in [0.2, 0.25) is 0 Å². The van der Waals surface area contributed by atoms with Gasteiger partial charge in [-0.2, -0.15) is 8.42 Å². The summed E-state index contributed by atoms with van der Waals surface area (Å²) in [7, 11) is -2.77. The fourth-order valence-corrected chi connectivity index (χ4v) is 5.44. The van der Waals surface area contributed by atoms with Crippen LogP contribution in [0.4, 0.5) is 0 Å². The van der Waals surface area contributed by atoms with E-state index in [0.29, 0.717) is 29.5 Å². The minimum absolute atomic E-state index is 0.0507. The van der Waals surface area contributed by atoms with Crippen LogP contribution in [-0.4, -0.2) is 46.8 Å². The molecule has 5 rings (SSSR count). The van der Waals surface area contributed by atoms with Gasteiger partial charge in [-0.25, -0.2) is 15.0 Å². The number of rotatable bonds is 5. The number of aromatic nitrogens is 2. The number of nitrogens with two attached hydrogens (primary N) is 1. The predicted octanol–water partition coefficient (Wildman–Crippen LogP) is 2.05. The van der Waals surface area contributed by atoms with E-state index in [0.717, 1.165) is 11.1 Å². The Bertz CT molecular complexity index is 1400. The number of nitrogens with zero attached hydrogens (tertiary/aromatic N) is 4. The first kappa shape index (κ1) is 21.2. The lowest BCUT2D eigenvalue weighted by molar-refractivity contribution is -0.129. The Morgan fingerprint density at radius 1 is 0.970 bits per heavy atom. The van der Waals surface area contributed by atoms with Gasteiger partial charge in [-0.3, -0.25) is 14.2 Å². The molecule has 1 saturated carbocycles. The Labute approximate surface area is 190 Å². The van der Waals surface area contributed by atoms with Crippen molar-refractivity contribution in [2.45, 2.75) is 23.1 Å². The van der Waals surface area contributed by atoms with Crippen molar-refractivity contribution in [3.05, 3.63) is 83.9 Å². The van der Waals surface area contributed by atoms with Crippen molar-refractivity contribution >= 4 is 22.0 Å². The van der Waals surface area contributed by atoms with Gasteiger partial charge in [0, 0.05) is 25.0 Å². The van der Waals surface area contributed by atoms with Crippen LogP contribution in [0.1, 0.15) is 29.5 Å². The fraction of sp³-hybridized carbons (Fsp3) is 0.217. The molecule has 1 aliphatic carbocycles. The van der Waals surface area contributed by atoms with Gasteiger partial charge >= 0.3 is 0 Å². The third-order valence-electron chi connectivity index (χ3n) is 6.42. The summed E-state index contributed by atoms with van der Waals surface area (Å²) in [6.07, 6.45) is 5.39. The van der Waals surface area contributed by atoms with E-state index in [1.165, 1.54) is 11.2 Å². The first-order valence-electron chi connectivity index (χ1n) is 10.3. The van der Waals surface area contributed by atoms with E-state index >= 15 is 0 Å². The van der Waals surface area contributed by atoms with E-state index in [9.17, 15) is 17.8 Å². The predicted molar refractivity (Wildman–Crippen MR) is 122 cm³/mol. The number of carbonyl (C=O) groups excluding carboxylic acids is 1. The first-order valence-corrected chi connectivity index (χ1v) is 11.7. The van der Waals surface area contributed by atoms with Gasteiger partial charge in [0.05, 0.1) is 0 Å². The van der Waals surface area contributed by atoms with Crippen molar-refractivity contribution in [1.82, 2.24) is 14.9 Å². The second-order valence-electron chi connectivity index (χ2n) is 8.30. The van der Waals surface area contributed by atoms with E-state index in [2.05, 4.69) is 15.0 Å². The number of hydrogen-bond donors (Lipinski definition) is 2. The van der Waals surface area contributed by atoms with Gasteiger partial charge in [-0.05, 0) is 41.2 Å². The molecule has 1 unspecified atom stereocenters. The van der Waals surface area contributed by atoms with Crippen LogP contribution in [0.15, 0.2) is 72.2 Å². The minimum atomic E-state index is -4.32. The summed E-state index contributed by atoms with van der Waals surface area (Å²) in [5.74, 6) is -0.315. The molecule has 1 aromatic heterocycles. The molecule has 0 saturated heterocycles. The monoisotopic (exact) mass is 463 g/mol. The molecular weight excluding hydrogens is 442 g/mol. The van der Waals surface area contributed by atoms with E-state index in [4.69, 9.17) is 5.73 Å². The molecule has 0 bridgehead atoms. The molecular formula is C23H21N5O4S. The zero-order chi connectivity index (χ0) is 23.4. The lowest BCUT2D eigenvalue weighted by atomic mass is 9.81. The van der Waals surface area contributed by atoms with Gasteiger partial charge in [0.2, 0.25) is 0 Å². The normalized spacial score (nSPS) is 21.7. The van der Waals surface area contributed by atoms with Crippen LogP contribution in [0.25, 0.3) is 11.1 Å². The maximum atomic E-state index is 13.6. The number of likely N-dealkylation sites (N-methyl/N-ethyl adjacent to an activating group) is 1. The van der Waals surface area contributed by atoms with Gasteiger partial charge in [0.1, 0.15) is 11.1 Å². The Hall–Kier alpha value is -3.63. The Morgan fingerprint density at radius 2 is 1.58 bits per heavy atom. The summed E-state index contributed by atoms with van der Waals surface area (Å²) in [5, 5.41) is 0. The van der Waals surface area contributed by atoms with Gasteiger partial charge in [-0.1, -0.05) is 42.5 Å². The molecule has 33 heavy (non-hydrogen) atoms. The molecule has 3 aromatic rings. The van der Waals surface area contributed by atoms with Crippen molar-refractivity contribution < 1.29 is 17.8 Å². The quantitative estimate of drug-likeness (QED) is 0.552. The highest BCUT2D eigenvalue weighted by Gasteiger charge is 2.56. The molecule has 9 nitrogen and oxygen atoms in total. The topological polar surface area (TPSA) is 139 Å². The summed E-state index contributed by atoms with van der Waals surface area (Å²) in [6.45, 7) is 0. The number of amides is 1. The Morgan fingerprint density at radius 3 is 2.15 bits per heavy atom. The summed E-state index contributed by atoms with van der Waals surface area (Å²) in [6, 6.07) is 14.0. The molecule has 2 aromatic carbocycles. The van der Waals surface area contributed by atoms with Gasteiger partial charge in [0.25, 0.3) is 16.0 Å². The van der Waals surface area contributed by atoms with E-state index in [-0.39, 0.29) is 11.9 Å². The van der Waals surface area contributed by atoms with Crippen molar-refractivity contribution in [2.24, 2.45) is 10.7 Å². The number of carbonyl (C=O) groups is 1. The number of hydrogen-bond acceptors (Lipinski definition) is 7. The fourth-order valence-electron chi connectivity index (χ4n) is 4.39. The van der Waals surface area contributed by atoms with Crippen LogP contribution in [-0.2, 0) is 25.2 Å². The molecule has 1 aliphatic heterocycles. The third-order valence-corrected chi connectivity index (χ3v) is 8.05. The molecule has 2 heterocycles. The maximum absolute atomic E-state index is 13.6. The zero-order valence-electron chi connectivity index (χ0n) is 17.7. The van der Waals surface area contributed by atoms with Gasteiger partial charge < -0.3 is 5.73 Å². The van der Waals surface area contributed by atoms with Crippen LogP contribution >= 0.6 is 0 Å². The molecule has 1 amide bonds. The largest absolute Gasteiger partial charge is 0.369 e. The Kier molecular flexibility index (Phi) is 4.62. The van der Waals surface area contributed by atoms with Crippen LogP contribution < -0.4 is 5.73 Å². The average molecular weight is 464 g/mol. The van der Waals surface area contributed by atoms with E-state index < -0.39 is 20.4 Å². The number of guanidine groups is 1.